The lowest BCUT2D eigenvalue weighted by molar-refractivity contribution is -0.118. The molecule has 2 aromatic carbocycles. The highest BCUT2D eigenvalue weighted by Crippen LogP contribution is 2.35. The molecule has 5 nitrogen and oxygen atoms in total. The molecule has 2 heterocycles. The van der Waals surface area contributed by atoms with E-state index in [9.17, 15) is 4.79 Å². The van der Waals surface area contributed by atoms with Gasteiger partial charge >= 0.3 is 0 Å². The normalized spacial score (nSPS) is 16.9. The summed E-state index contributed by atoms with van der Waals surface area (Å²) in [7, 11) is 0. The Morgan fingerprint density at radius 2 is 1.96 bits per heavy atom. The van der Waals surface area contributed by atoms with Gasteiger partial charge in [0, 0.05) is 17.3 Å². The lowest BCUT2D eigenvalue weighted by Gasteiger charge is -2.25. The minimum atomic E-state index is -0.318. The summed E-state index contributed by atoms with van der Waals surface area (Å²) in [6.45, 7) is 8.10. The summed E-state index contributed by atoms with van der Waals surface area (Å²) >= 11 is 1.31. The average molecular weight is 394 g/mol. The van der Waals surface area contributed by atoms with Gasteiger partial charge < -0.3 is 9.32 Å². The van der Waals surface area contributed by atoms with Crippen molar-refractivity contribution in [2.75, 3.05) is 4.90 Å². The summed E-state index contributed by atoms with van der Waals surface area (Å²) in [6, 6.07) is 14.3. The summed E-state index contributed by atoms with van der Waals surface area (Å²) in [5.74, 6) is 0.540. The first kappa shape index (κ1) is 18.7. The number of hydrogen-bond donors (Lipinski definition) is 0. The fourth-order valence-corrected chi connectivity index (χ4v) is 4.28. The molecule has 2 atom stereocenters. The Morgan fingerprint density at radius 1 is 1.18 bits per heavy atom. The van der Waals surface area contributed by atoms with Crippen LogP contribution >= 0.6 is 11.8 Å². The van der Waals surface area contributed by atoms with Crippen molar-refractivity contribution in [2.24, 2.45) is 0 Å². The number of aromatic nitrogens is 2. The number of amides is 1. The number of benzene rings is 2. The van der Waals surface area contributed by atoms with Crippen molar-refractivity contribution < 1.29 is 9.21 Å². The van der Waals surface area contributed by atoms with Crippen LogP contribution in [0, 0.1) is 13.8 Å². The number of thioether (sulfide) groups is 1. The second-order valence-corrected chi connectivity index (χ2v) is 8.61. The zero-order valence-corrected chi connectivity index (χ0v) is 17.3. The predicted octanol–water partition coefficient (Wildman–Crippen LogP) is 4.81. The Hall–Kier alpha value is -2.60. The maximum Gasteiger partial charge on any atom is 0.277 e. The summed E-state index contributed by atoms with van der Waals surface area (Å²) in [5, 5.41) is 8.38. The summed E-state index contributed by atoms with van der Waals surface area (Å²) in [6.07, 6.45) is 0.886. The van der Waals surface area contributed by atoms with E-state index in [4.69, 9.17) is 4.42 Å². The molecule has 0 N–H and O–H groups in total. The van der Waals surface area contributed by atoms with Gasteiger partial charge in [0.25, 0.3) is 5.22 Å². The fraction of sp³-hybridized carbons (Fsp3) is 0.318. The van der Waals surface area contributed by atoms with E-state index in [1.54, 1.807) is 0 Å². The van der Waals surface area contributed by atoms with Crippen LogP contribution in [0.1, 0.15) is 30.5 Å². The summed E-state index contributed by atoms with van der Waals surface area (Å²) in [5.41, 5.74) is 5.51. The van der Waals surface area contributed by atoms with Gasteiger partial charge in [-0.2, -0.15) is 0 Å². The summed E-state index contributed by atoms with van der Waals surface area (Å²) in [4.78, 5) is 15.0. The SMILES string of the molecule is Cc1ccc(-c2nnc(S[C@H](C)C(=O)N3c4ccccc4C[C@@H]3C)o2)cc1C. The molecule has 0 unspecified atom stereocenters. The van der Waals surface area contributed by atoms with Crippen LogP contribution in [0.15, 0.2) is 52.1 Å². The number of carbonyl (C=O) groups excluding carboxylic acids is 1. The van der Waals surface area contributed by atoms with E-state index in [1.807, 2.05) is 48.2 Å². The smallest absolute Gasteiger partial charge is 0.277 e. The number of anilines is 1. The van der Waals surface area contributed by atoms with Crippen LogP contribution in [-0.4, -0.2) is 27.4 Å². The molecule has 6 heteroatoms. The van der Waals surface area contributed by atoms with Crippen molar-refractivity contribution in [3.05, 3.63) is 59.2 Å². The van der Waals surface area contributed by atoms with Gasteiger partial charge in [-0.3, -0.25) is 4.79 Å². The van der Waals surface area contributed by atoms with Crippen LogP contribution < -0.4 is 4.90 Å². The molecule has 0 spiro atoms. The monoisotopic (exact) mass is 393 g/mol. The highest BCUT2D eigenvalue weighted by Gasteiger charge is 2.34. The van der Waals surface area contributed by atoms with Crippen LogP contribution in [0.2, 0.25) is 0 Å². The van der Waals surface area contributed by atoms with E-state index in [0.29, 0.717) is 11.1 Å². The van der Waals surface area contributed by atoms with Crippen LogP contribution in [0.25, 0.3) is 11.5 Å². The first-order chi connectivity index (χ1) is 13.4. The highest BCUT2D eigenvalue weighted by molar-refractivity contribution is 8.00. The van der Waals surface area contributed by atoms with Gasteiger partial charge in [-0.25, -0.2) is 0 Å². The number of para-hydroxylation sites is 1. The Kier molecular flexibility index (Phi) is 4.98. The molecule has 0 aliphatic carbocycles. The number of aryl methyl sites for hydroxylation is 2. The molecular weight excluding hydrogens is 370 g/mol. The fourth-order valence-electron chi connectivity index (χ4n) is 3.55. The molecule has 0 fully saturated rings. The number of fused-ring (bicyclic) bond motifs is 1. The van der Waals surface area contributed by atoms with E-state index < -0.39 is 0 Å². The van der Waals surface area contributed by atoms with Crippen molar-refractivity contribution in [2.45, 2.75) is 50.6 Å². The van der Waals surface area contributed by atoms with Crippen LogP contribution in [0.5, 0.6) is 0 Å². The Bertz CT molecular complexity index is 1030. The topological polar surface area (TPSA) is 59.2 Å². The zero-order chi connectivity index (χ0) is 19.8. The minimum absolute atomic E-state index is 0.0633. The van der Waals surface area contributed by atoms with Gasteiger partial charge in [0.2, 0.25) is 11.8 Å². The first-order valence-electron chi connectivity index (χ1n) is 9.43. The van der Waals surface area contributed by atoms with E-state index in [2.05, 4.69) is 37.0 Å². The van der Waals surface area contributed by atoms with Crippen molar-refractivity contribution in [3.8, 4) is 11.5 Å². The molecule has 1 amide bonds. The van der Waals surface area contributed by atoms with Gasteiger partial charge in [-0.1, -0.05) is 36.0 Å². The van der Waals surface area contributed by atoms with Gasteiger partial charge in [0.1, 0.15) is 0 Å². The van der Waals surface area contributed by atoms with E-state index >= 15 is 0 Å². The van der Waals surface area contributed by atoms with Crippen LogP contribution in [0.3, 0.4) is 0 Å². The third-order valence-corrected chi connectivity index (χ3v) is 6.15. The molecule has 144 valence electrons. The molecule has 0 bridgehead atoms. The van der Waals surface area contributed by atoms with Crippen LogP contribution in [0.4, 0.5) is 5.69 Å². The van der Waals surface area contributed by atoms with Gasteiger partial charge in [0.05, 0.1) is 5.25 Å². The number of carbonyl (C=O) groups is 1. The second-order valence-electron chi connectivity index (χ2n) is 7.32. The minimum Gasteiger partial charge on any atom is -0.411 e. The lowest BCUT2D eigenvalue weighted by Crippen LogP contribution is -2.40. The molecule has 1 aromatic heterocycles. The quantitative estimate of drug-likeness (QED) is 0.595. The molecule has 3 aromatic rings. The molecule has 28 heavy (non-hydrogen) atoms. The molecule has 1 aliphatic rings. The average Bonchev–Trinajstić information content (AvgIpc) is 3.26. The van der Waals surface area contributed by atoms with Gasteiger partial charge in [-0.15, -0.1) is 10.2 Å². The number of hydrogen-bond acceptors (Lipinski definition) is 5. The molecule has 0 radical (unpaired) electrons. The highest BCUT2D eigenvalue weighted by atomic mass is 32.2. The lowest BCUT2D eigenvalue weighted by atomic mass is 10.1. The number of rotatable bonds is 4. The van der Waals surface area contributed by atoms with Gasteiger partial charge in [-0.05, 0) is 69.0 Å². The maximum absolute atomic E-state index is 13.1. The van der Waals surface area contributed by atoms with Crippen molar-refractivity contribution >= 4 is 23.4 Å². The largest absolute Gasteiger partial charge is 0.411 e. The standard InChI is InChI=1S/C22H23N3O2S/c1-13-9-10-18(11-14(13)2)20-23-24-22(27-20)28-16(4)21(26)25-15(3)12-17-7-5-6-8-19(17)25/h5-11,15-16H,12H2,1-4H3/t15-,16+/m0/s1. The first-order valence-corrected chi connectivity index (χ1v) is 10.3. The second kappa shape index (κ2) is 7.43. The molecule has 4 rings (SSSR count). The third-order valence-electron chi connectivity index (χ3n) is 5.23. The van der Waals surface area contributed by atoms with Gasteiger partial charge in [0.15, 0.2) is 0 Å². The molecular formula is C22H23N3O2S. The zero-order valence-electron chi connectivity index (χ0n) is 16.5. The van der Waals surface area contributed by atoms with E-state index in [1.165, 1.54) is 28.5 Å². The van der Waals surface area contributed by atoms with E-state index in [0.717, 1.165) is 17.7 Å². The number of nitrogens with zero attached hydrogens (tertiary/aromatic N) is 3. The Balaban J connectivity index is 1.50. The van der Waals surface area contributed by atoms with Crippen molar-refractivity contribution in [3.63, 3.8) is 0 Å². The van der Waals surface area contributed by atoms with Crippen molar-refractivity contribution in [1.82, 2.24) is 10.2 Å². The molecule has 0 saturated carbocycles. The Labute approximate surface area is 169 Å². The predicted molar refractivity (Wildman–Crippen MR) is 112 cm³/mol. The van der Waals surface area contributed by atoms with Crippen LogP contribution in [-0.2, 0) is 11.2 Å². The third kappa shape index (κ3) is 3.44. The molecule has 1 aliphatic heterocycles. The van der Waals surface area contributed by atoms with Crippen molar-refractivity contribution in [1.29, 1.82) is 0 Å². The maximum atomic E-state index is 13.1. The molecule has 0 saturated heterocycles. The summed E-state index contributed by atoms with van der Waals surface area (Å²) < 4.78 is 5.81. The Morgan fingerprint density at radius 3 is 2.75 bits per heavy atom. The van der Waals surface area contributed by atoms with E-state index in [-0.39, 0.29) is 17.2 Å².